The molecule has 0 saturated carbocycles. The number of carbonyl (C=O) groups is 2. The summed E-state index contributed by atoms with van der Waals surface area (Å²) in [4.78, 5) is 31.3. The first kappa shape index (κ1) is 20.1. The maximum Gasteiger partial charge on any atom is 0.228 e. The molecule has 1 saturated heterocycles. The van der Waals surface area contributed by atoms with Crippen LogP contribution in [0.3, 0.4) is 0 Å². The van der Waals surface area contributed by atoms with E-state index in [2.05, 4.69) is 34.6 Å². The Hall–Kier alpha value is -2.69. The van der Waals surface area contributed by atoms with Crippen LogP contribution in [0.25, 0.3) is 11.1 Å². The standard InChI is InChI=1S/C23H29N3O2/c1-3-21(27)26-14-6-12-23(17-26,22(28)25-4-2)15-18-8-10-19(11-9-18)20-7-5-13-24-16-20/h5,7-11,13,16H,3-4,6,12,14-15,17H2,1-2H3,(H,25,28)/t23-/m0/s1. The van der Waals surface area contributed by atoms with Crippen LogP contribution in [0.1, 0.15) is 38.7 Å². The van der Waals surface area contributed by atoms with Crippen LogP contribution in [0.2, 0.25) is 0 Å². The number of hydrogen-bond acceptors (Lipinski definition) is 3. The van der Waals surface area contributed by atoms with Crippen LogP contribution in [0.5, 0.6) is 0 Å². The summed E-state index contributed by atoms with van der Waals surface area (Å²) in [5.41, 5.74) is 2.74. The molecule has 1 atom stereocenters. The van der Waals surface area contributed by atoms with Crippen molar-refractivity contribution in [1.29, 1.82) is 0 Å². The van der Waals surface area contributed by atoms with Gasteiger partial charge in [0, 0.05) is 38.4 Å². The van der Waals surface area contributed by atoms with Gasteiger partial charge in [-0.25, -0.2) is 0 Å². The van der Waals surface area contributed by atoms with Crippen molar-refractivity contribution in [1.82, 2.24) is 15.2 Å². The molecule has 1 fully saturated rings. The minimum atomic E-state index is -0.561. The molecule has 5 heteroatoms. The molecule has 1 aliphatic rings. The van der Waals surface area contributed by atoms with Gasteiger partial charge in [-0.2, -0.15) is 0 Å². The SMILES string of the molecule is CCNC(=O)[C@]1(Cc2ccc(-c3cccnc3)cc2)CCCN(C(=O)CC)C1. The number of hydrogen-bond donors (Lipinski definition) is 1. The average molecular weight is 380 g/mol. The predicted octanol–water partition coefficient (Wildman–Crippen LogP) is 3.45. The van der Waals surface area contributed by atoms with E-state index in [-0.39, 0.29) is 11.8 Å². The van der Waals surface area contributed by atoms with Crippen molar-refractivity contribution < 1.29 is 9.59 Å². The summed E-state index contributed by atoms with van der Waals surface area (Å²) in [5.74, 6) is 0.181. The van der Waals surface area contributed by atoms with Crippen LogP contribution < -0.4 is 5.32 Å². The molecule has 5 nitrogen and oxygen atoms in total. The molecular weight excluding hydrogens is 350 g/mol. The fourth-order valence-corrected chi connectivity index (χ4v) is 4.07. The Morgan fingerprint density at radius 2 is 1.93 bits per heavy atom. The summed E-state index contributed by atoms with van der Waals surface area (Å²) < 4.78 is 0. The summed E-state index contributed by atoms with van der Waals surface area (Å²) in [5, 5.41) is 3.01. The van der Waals surface area contributed by atoms with Gasteiger partial charge in [0.25, 0.3) is 0 Å². The molecular formula is C23H29N3O2. The van der Waals surface area contributed by atoms with Gasteiger partial charge in [0.2, 0.25) is 11.8 Å². The van der Waals surface area contributed by atoms with E-state index in [1.807, 2.05) is 37.1 Å². The van der Waals surface area contributed by atoms with Gasteiger partial charge >= 0.3 is 0 Å². The van der Waals surface area contributed by atoms with Crippen LogP contribution in [-0.2, 0) is 16.0 Å². The number of rotatable bonds is 6. The van der Waals surface area contributed by atoms with Crippen LogP contribution in [0.4, 0.5) is 0 Å². The molecule has 0 spiro atoms. The third kappa shape index (κ3) is 4.41. The molecule has 1 aromatic heterocycles. The molecule has 148 valence electrons. The van der Waals surface area contributed by atoms with E-state index in [1.165, 1.54) is 0 Å². The van der Waals surface area contributed by atoms with Gasteiger partial charge in [0.15, 0.2) is 0 Å². The third-order valence-corrected chi connectivity index (χ3v) is 5.54. The number of benzene rings is 1. The molecule has 1 N–H and O–H groups in total. The zero-order valence-corrected chi connectivity index (χ0v) is 16.8. The van der Waals surface area contributed by atoms with Crippen molar-refractivity contribution in [2.75, 3.05) is 19.6 Å². The van der Waals surface area contributed by atoms with E-state index in [0.717, 1.165) is 36.1 Å². The number of pyridine rings is 1. The second kappa shape index (κ2) is 9.00. The van der Waals surface area contributed by atoms with Gasteiger partial charge in [-0.3, -0.25) is 14.6 Å². The molecule has 2 heterocycles. The number of piperidine rings is 1. The monoisotopic (exact) mass is 379 g/mol. The van der Waals surface area contributed by atoms with E-state index in [9.17, 15) is 9.59 Å². The molecule has 1 aliphatic heterocycles. The highest BCUT2D eigenvalue weighted by Crippen LogP contribution is 2.35. The van der Waals surface area contributed by atoms with Gasteiger partial charge in [0.05, 0.1) is 5.41 Å². The maximum atomic E-state index is 13.0. The van der Waals surface area contributed by atoms with E-state index in [0.29, 0.717) is 25.9 Å². The Labute approximate surface area is 167 Å². The van der Waals surface area contributed by atoms with Crippen molar-refractivity contribution in [3.8, 4) is 11.1 Å². The second-order valence-corrected chi connectivity index (χ2v) is 7.53. The quantitative estimate of drug-likeness (QED) is 0.836. The Morgan fingerprint density at radius 3 is 2.57 bits per heavy atom. The summed E-state index contributed by atoms with van der Waals surface area (Å²) in [6, 6.07) is 12.3. The molecule has 1 aromatic carbocycles. The number of likely N-dealkylation sites (tertiary alicyclic amines) is 1. The van der Waals surface area contributed by atoms with Crippen molar-refractivity contribution in [2.24, 2.45) is 5.41 Å². The number of nitrogens with one attached hydrogen (secondary N) is 1. The van der Waals surface area contributed by atoms with E-state index >= 15 is 0 Å². The lowest BCUT2D eigenvalue weighted by Crippen LogP contribution is -2.54. The maximum absolute atomic E-state index is 13.0. The van der Waals surface area contributed by atoms with Crippen LogP contribution in [0.15, 0.2) is 48.8 Å². The van der Waals surface area contributed by atoms with Crippen molar-refractivity contribution >= 4 is 11.8 Å². The van der Waals surface area contributed by atoms with Crippen LogP contribution >= 0.6 is 0 Å². The Balaban J connectivity index is 1.83. The van der Waals surface area contributed by atoms with E-state index in [4.69, 9.17) is 0 Å². The third-order valence-electron chi connectivity index (χ3n) is 5.54. The summed E-state index contributed by atoms with van der Waals surface area (Å²) in [7, 11) is 0. The van der Waals surface area contributed by atoms with Crippen LogP contribution in [-0.4, -0.2) is 41.3 Å². The fourth-order valence-electron chi connectivity index (χ4n) is 4.07. The molecule has 28 heavy (non-hydrogen) atoms. The molecule has 0 aliphatic carbocycles. The number of carbonyl (C=O) groups excluding carboxylic acids is 2. The van der Waals surface area contributed by atoms with Gasteiger partial charge in [-0.05, 0) is 48.9 Å². The van der Waals surface area contributed by atoms with Crippen molar-refractivity contribution in [3.05, 3.63) is 54.4 Å². The summed E-state index contributed by atoms with van der Waals surface area (Å²) in [6.07, 6.45) is 6.39. The van der Waals surface area contributed by atoms with Gasteiger partial charge in [-0.1, -0.05) is 37.3 Å². The predicted molar refractivity (Wildman–Crippen MR) is 111 cm³/mol. The first-order chi connectivity index (χ1) is 13.6. The number of nitrogens with zero attached hydrogens (tertiary/aromatic N) is 2. The van der Waals surface area contributed by atoms with Gasteiger partial charge in [-0.15, -0.1) is 0 Å². The zero-order chi connectivity index (χ0) is 20.0. The first-order valence-corrected chi connectivity index (χ1v) is 10.1. The van der Waals surface area contributed by atoms with E-state index < -0.39 is 5.41 Å². The molecule has 3 rings (SSSR count). The molecule has 2 amide bonds. The van der Waals surface area contributed by atoms with Gasteiger partial charge < -0.3 is 10.2 Å². The summed E-state index contributed by atoms with van der Waals surface area (Å²) >= 11 is 0. The van der Waals surface area contributed by atoms with Crippen LogP contribution in [0, 0.1) is 5.41 Å². The average Bonchev–Trinajstić information content (AvgIpc) is 2.74. The zero-order valence-electron chi connectivity index (χ0n) is 16.8. The lowest BCUT2D eigenvalue weighted by atomic mass is 9.74. The minimum Gasteiger partial charge on any atom is -0.356 e. The molecule has 0 bridgehead atoms. The topological polar surface area (TPSA) is 62.3 Å². The minimum absolute atomic E-state index is 0.0555. The molecule has 0 unspecified atom stereocenters. The highest BCUT2D eigenvalue weighted by molar-refractivity contribution is 5.85. The smallest absolute Gasteiger partial charge is 0.228 e. The fraction of sp³-hybridized carbons (Fsp3) is 0.435. The lowest BCUT2D eigenvalue weighted by Gasteiger charge is -2.42. The second-order valence-electron chi connectivity index (χ2n) is 7.53. The Morgan fingerprint density at radius 1 is 1.14 bits per heavy atom. The van der Waals surface area contributed by atoms with Gasteiger partial charge in [0.1, 0.15) is 0 Å². The number of amides is 2. The summed E-state index contributed by atoms with van der Waals surface area (Å²) in [6.45, 7) is 5.65. The lowest BCUT2D eigenvalue weighted by molar-refractivity contribution is -0.141. The van der Waals surface area contributed by atoms with Crippen molar-refractivity contribution in [3.63, 3.8) is 0 Å². The van der Waals surface area contributed by atoms with E-state index in [1.54, 1.807) is 6.20 Å². The molecule has 0 radical (unpaired) electrons. The highest BCUT2D eigenvalue weighted by Gasteiger charge is 2.43. The van der Waals surface area contributed by atoms with Crippen molar-refractivity contribution in [2.45, 2.75) is 39.5 Å². The Bertz CT molecular complexity index is 804. The largest absolute Gasteiger partial charge is 0.356 e. The first-order valence-electron chi connectivity index (χ1n) is 10.1. The Kier molecular flexibility index (Phi) is 6.45. The number of aromatic nitrogens is 1. The normalized spacial score (nSPS) is 19.3. The highest BCUT2D eigenvalue weighted by atomic mass is 16.2. The molecule has 2 aromatic rings.